The van der Waals surface area contributed by atoms with Gasteiger partial charge in [0.25, 0.3) is 0 Å². The van der Waals surface area contributed by atoms with E-state index < -0.39 is 16.1 Å². The first-order valence-corrected chi connectivity index (χ1v) is 15.7. The molecule has 0 unspecified atom stereocenters. The molecule has 0 aromatic heterocycles. The predicted octanol–water partition coefficient (Wildman–Crippen LogP) is 5.27. The van der Waals surface area contributed by atoms with E-state index in [1.807, 2.05) is 0 Å². The first kappa shape index (κ1) is 17.8. The van der Waals surface area contributed by atoms with Gasteiger partial charge in [0, 0.05) is 0 Å². The summed E-state index contributed by atoms with van der Waals surface area (Å²) >= 11 is 2.39. The first-order chi connectivity index (χ1) is 10.1. The zero-order chi connectivity index (χ0) is 16.5. The van der Waals surface area contributed by atoms with Crippen molar-refractivity contribution in [2.24, 2.45) is 0 Å². The number of anilines is 2. The van der Waals surface area contributed by atoms with Crippen molar-refractivity contribution in [3.8, 4) is 0 Å². The van der Waals surface area contributed by atoms with E-state index >= 15 is 0 Å². The predicted molar refractivity (Wildman–Crippen MR) is 115 cm³/mol. The van der Waals surface area contributed by atoms with Gasteiger partial charge in [-0.3, -0.25) is 3.11 Å². The molecule has 0 aliphatic carbocycles. The van der Waals surface area contributed by atoms with Crippen LogP contribution in [-0.4, -0.2) is 16.1 Å². The molecular formula is C18H26INSi2. The highest BCUT2D eigenvalue weighted by molar-refractivity contribution is 14.1. The van der Waals surface area contributed by atoms with Crippen LogP contribution in [0.2, 0.25) is 39.3 Å². The van der Waals surface area contributed by atoms with Crippen LogP contribution in [0, 0.1) is 0 Å². The van der Waals surface area contributed by atoms with E-state index in [1.165, 1.54) is 21.7 Å². The lowest BCUT2D eigenvalue weighted by molar-refractivity contribution is 1.48. The monoisotopic (exact) mass is 439 g/mol. The van der Waals surface area contributed by atoms with E-state index in [9.17, 15) is 0 Å². The third-order valence-corrected chi connectivity index (χ3v) is 9.16. The summed E-state index contributed by atoms with van der Waals surface area (Å²) in [6, 6.07) is 18.2. The summed E-state index contributed by atoms with van der Waals surface area (Å²) in [5.74, 6) is 0. The number of rotatable bonds is 4. The minimum absolute atomic E-state index is 1.22. The van der Waals surface area contributed by atoms with Crippen molar-refractivity contribution < 1.29 is 0 Å². The molecule has 0 saturated carbocycles. The standard InChI is InChI=1S/C18H26INSi2/c1-21(2,3)17-11-7-15(8-12-17)20(19)16-9-13-18(14-10-16)22(4,5)6/h7-14H,1-6H3. The second kappa shape index (κ2) is 6.49. The fraction of sp³-hybridized carbons (Fsp3) is 0.333. The quantitative estimate of drug-likeness (QED) is 0.357. The van der Waals surface area contributed by atoms with Crippen molar-refractivity contribution in [2.75, 3.05) is 3.11 Å². The fourth-order valence-electron chi connectivity index (χ4n) is 2.33. The third-order valence-electron chi connectivity index (χ3n) is 3.92. The maximum Gasteiger partial charge on any atom is 0.0775 e. The highest BCUT2D eigenvalue weighted by atomic mass is 127. The molecule has 2 aromatic carbocycles. The number of nitrogens with zero attached hydrogens (tertiary/aromatic N) is 1. The molecule has 4 heteroatoms. The first-order valence-electron chi connectivity index (χ1n) is 7.76. The zero-order valence-corrected chi connectivity index (χ0v) is 18.6. The van der Waals surface area contributed by atoms with Crippen LogP contribution in [-0.2, 0) is 0 Å². The molecule has 2 rings (SSSR count). The lowest BCUT2D eigenvalue weighted by Crippen LogP contribution is -2.37. The van der Waals surface area contributed by atoms with Crippen LogP contribution in [0.25, 0.3) is 0 Å². The Morgan fingerprint density at radius 2 is 0.864 bits per heavy atom. The maximum atomic E-state index is 2.39. The van der Waals surface area contributed by atoms with Gasteiger partial charge in [-0.15, -0.1) is 0 Å². The van der Waals surface area contributed by atoms with Gasteiger partial charge in [0.15, 0.2) is 0 Å². The summed E-state index contributed by atoms with van der Waals surface area (Å²) in [4.78, 5) is 0. The van der Waals surface area contributed by atoms with E-state index in [0.29, 0.717) is 0 Å². The Balaban J connectivity index is 2.23. The normalized spacial score (nSPS) is 12.3. The average molecular weight is 439 g/mol. The van der Waals surface area contributed by atoms with Crippen molar-refractivity contribution in [3.63, 3.8) is 0 Å². The lowest BCUT2D eigenvalue weighted by atomic mass is 10.2. The molecule has 0 aliphatic heterocycles. The Hall–Kier alpha value is -0.596. The maximum absolute atomic E-state index is 2.39. The molecule has 0 saturated heterocycles. The molecule has 0 N–H and O–H groups in total. The molecule has 2 aromatic rings. The van der Waals surface area contributed by atoms with E-state index in [4.69, 9.17) is 0 Å². The van der Waals surface area contributed by atoms with Gasteiger partial charge in [-0.1, -0.05) is 73.9 Å². The molecule has 0 aliphatic rings. The second-order valence-corrected chi connectivity index (χ2v) is 19.0. The molecule has 0 heterocycles. The minimum atomic E-state index is -1.22. The average Bonchev–Trinajstić information content (AvgIpc) is 2.45. The second-order valence-electron chi connectivity index (χ2n) is 7.87. The summed E-state index contributed by atoms with van der Waals surface area (Å²) in [7, 11) is -2.43. The number of halogens is 1. The highest BCUT2D eigenvalue weighted by Crippen LogP contribution is 2.28. The van der Waals surface area contributed by atoms with Crippen molar-refractivity contribution in [1.82, 2.24) is 0 Å². The Morgan fingerprint density at radius 3 is 1.09 bits per heavy atom. The number of hydrogen-bond donors (Lipinski definition) is 0. The minimum Gasteiger partial charge on any atom is -0.283 e. The summed E-state index contributed by atoms with van der Waals surface area (Å²) in [5, 5.41) is 3.02. The van der Waals surface area contributed by atoms with Gasteiger partial charge in [-0.25, -0.2) is 0 Å². The Kier molecular flexibility index (Phi) is 5.24. The van der Waals surface area contributed by atoms with Gasteiger partial charge in [0.05, 0.1) is 50.4 Å². The van der Waals surface area contributed by atoms with Gasteiger partial charge >= 0.3 is 0 Å². The van der Waals surface area contributed by atoms with Gasteiger partial charge in [-0.05, 0) is 24.3 Å². The zero-order valence-electron chi connectivity index (χ0n) is 14.4. The topological polar surface area (TPSA) is 3.24 Å². The lowest BCUT2D eigenvalue weighted by Gasteiger charge is -2.22. The molecule has 0 radical (unpaired) electrons. The molecule has 0 atom stereocenters. The van der Waals surface area contributed by atoms with Crippen molar-refractivity contribution in [1.29, 1.82) is 0 Å². The SMILES string of the molecule is C[Si](C)(C)c1ccc(N(I)c2ccc([Si](C)(C)C)cc2)cc1. The molecular weight excluding hydrogens is 413 g/mol. The van der Waals surface area contributed by atoms with Gasteiger partial charge in [-0.2, -0.15) is 0 Å². The van der Waals surface area contributed by atoms with Crippen molar-refractivity contribution in [3.05, 3.63) is 48.5 Å². The third kappa shape index (κ3) is 4.23. The number of hydrogen-bond acceptors (Lipinski definition) is 1. The summed E-state index contributed by atoms with van der Waals surface area (Å²) < 4.78 is 2.24. The molecule has 0 amide bonds. The van der Waals surface area contributed by atoms with Crippen LogP contribution < -0.4 is 13.5 Å². The van der Waals surface area contributed by atoms with E-state index in [0.717, 1.165) is 0 Å². The number of benzene rings is 2. The smallest absolute Gasteiger partial charge is 0.0775 e. The molecule has 0 bridgehead atoms. The van der Waals surface area contributed by atoms with Crippen LogP contribution in [0.3, 0.4) is 0 Å². The van der Waals surface area contributed by atoms with Gasteiger partial charge < -0.3 is 0 Å². The molecule has 118 valence electrons. The van der Waals surface area contributed by atoms with E-state index in [1.54, 1.807) is 0 Å². The van der Waals surface area contributed by atoms with Crippen LogP contribution in [0.4, 0.5) is 11.4 Å². The summed E-state index contributed by atoms with van der Waals surface area (Å²) in [6.07, 6.45) is 0. The largest absolute Gasteiger partial charge is 0.283 e. The summed E-state index contributed by atoms with van der Waals surface area (Å²) in [6.45, 7) is 14.3. The fourth-order valence-corrected chi connectivity index (χ4v) is 5.31. The van der Waals surface area contributed by atoms with Crippen LogP contribution >= 0.6 is 22.9 Å². The Bertz CT molecular complexity index is 565. The highest BCUT2D eigenvalue weighted by Gasteiger charge is 2.18. The van der Waals surface area contributed by atoms with Crippen molar-refractivity contribution >= 4 is 60.8 Å². The van der Waals surface area contributed by atoms with Crippen LogP contribution in [0.1, 0.15) is 0 Å². The Labute approximate surface area is 151 Å². The van der Waals surface area contributed by atoms with E-state index in [-0.39, 0.29) is 0 Å². The Morgan fingerprint density at radius 1 is 0.591 bits per heavy atom. The van der Waals surface area contributed by atoms with Crippen molar-refractivity contribution in [2.45, 2.75) is 39.3 Å². The van der Waals surface area contributed by atoms with E-state index in [2.05, 4.69) is 114 Å². The summed E-state index contributed by atoms with van der Waals surface area (Å²) in [5.41, 5.74) is 2.48. The van der Waals surface area contributed by atoms with Gasteiger partial charge in [0.2, 0.25) is 0 Å². The van der Waals surface area contributed by atoms with Crippen LogP contribution in [0.5, 0.6) is 0 Å². The molecule has 0 fully saturated rings. The molecule has 0 spiro atoms. The van der Waals surface area contributed by atoms with Gasteiger partial charge in [0.1, 0.15) is 0 Å². The molecule has 1 nitrogen and oxygen atoms in total. The molecule has 22 heavy (non-hydrogen) atoms. The van der Waals surface area contributed by atoms with Crippen LogP contribution in [0.15, 0.2) is 48.5 Å².